The number of nitrogens with zero attached hydrogens (tertiary/aromatic N) is 3. The number of fused-ring (bicyclic) bond motifs is 1. The Balaban J connectivity index is 1.54. The van der Waals surface area contributed by atoms with Crippen LogP contribution < -0.4 is 0 Å². The fourth-order valence-electron chi connectivity index (χ4n) is 3.65. The highest BCUT2D eigenvalue weighted by Gasteiger charge is 2.41. The predicted molar refractivity (Wildman–Crippen MR) is 83.9 cm³/mol. The number of amides is 1. The van der Waals surface area contributed by atoms with Gasteiger partial charge in [0.2, 0.25) is 0 Å². The van der Waals surface area contributed by atoms with Gasteiger partial charge in [0.25, 0.3) is 5.91 Å². The number of carbonyl (C=O) groups excluding carboxylic acids is 1. The molecular weight excluding hydrogens is 292 g/mol. The summed E-state index contributed by atoms with van der Waals surface area (Å²) < 4.78 is 0. The summed E-state index contributed by atoms with van der Waals surface area (Å²) in [5.41, 5.74) is 2.78. The second-order valence-electron chi connectivity index (χ2n) is 6.55. The molecule has 0 saturated carbocycles. The first-order valence-electron chi connectivity index (χ1n) is 8.15. The number of aromatic nitrogens is 3. The maximum absolute atomic E-state index is 12.8. The number of β-amino-alcohol motifs (C(OH)–C–C–N with tert-alkyl or cyclic N) is 1. The Hall–Kier alpha value is -2.21. The van der Waals surface area contributed by atoms with Crippen LogP contribution in [0.5, 0.6) is 0 Å². The summed E-state index contributed by atoms with van der Waals surface area (Å²) in [5, 5.41) is 20.9. The van der Waals surface area contributed by atoms with Crippen molar-refractivity contribution in [1.82, 2.24) is 20.3 Å². The average Bonchev–Trinajstić information content (AvgIpc) is 3.24. The lowest BCUT2D eigenvalue weighted by Crippen LogP contribution is -2.34. The highest BCUT2D eigenvalue weighted by molar-refractivity contribution is 5.94. The van der Waals surface area contributed by atoms with E-state index in [2.05, 4.69) is 21.5 Å². The molecular formula is C17H20N4O2. The molecule has 1 fully saturated rings. The van der Waals surface area contributed by atoms with Gasteiger partial charge >= 0.3 is 0 Å². The van der Waals surface area contributed by atoms with Crippen LogP contribution in [0.3, 0.4) is 0 Å². The van der Waals surface area contributed by atoms with E-state index in [-0.39, 0.29) is 12.5 Å². The zero-order valence-corrected chi connectivity index (χ0v) is 13.0. The van der Waals surface area contributed by atoms with Crippen molar-refractivity contribution in [2.45, 2.75) is 37.7 Å². The summed E-state index contributed by atoms with van der Waals surface area (Å²) in [5.74, 6) is -0.0159. The fraction of sp³-hybridized carbons (Fsp3) is 0.471. The minimum Gasteiger partial charge on any atom is -0.381 e. The van der Waals surface area contributed by atoms with E-state index < -0.39 is 5.60 Å². The number of nitrogens with one attached hydrogen (secondary N) is 1. The lowest BCUT2D eigenvalue weighted by Gasteiger charge is -2.22. The normalized spacial score (nSPS) is 23.8. The lowest BCUT2D eigenvalue weighted by atomic mass is 9.90. The molecule has 1 aromatic heterocycles. The van der Waals surface area contributed by atoms with Crippen LogP contribution in [0, 0.1) is 0 Å². The summed E-state index contributed by atoms with van der Waals surface area (Å²) in [4.78, 5) is 14.5. The molecule has 1 aliphatic carbocycles. The number of benzene rings is 1. The Morgan fingerprint density at radius 1 is 1.26 bits per heavy atom. The fourth-order valence-corrected chi connectivity index (χ4v) is 3.65. The summed E-state index contributed by atoms with van der Waals surface area (Å²) in [6.45, 7) is 0.786. The zero-order valence-electron chi connectivity index (χ0n) is 13.0. The van der Waals surface area contributed by atoms with E-state index in [0.717, 1.165) is 18.4 Å². The predicted octanol–water partition coefficient (Wildman–Crippen LogP) is 1.42. The van der Waals surface area contributed by atoms with Crippen LogP contribution in [0.15, 0.2) is 24.4 Å². The zero-order chi connectivity index (χ0) is 15.9. The molecule has 23 heavy (non-hydrogen) atoms. The van der Waals surface area contributed by atoms with E-state index >= 15 is 0 Å². The summed E-state index contributed by atoms with van der Waals surface area (Å²) in [6, 6.07) is 6.03. The molecule has 120 valence electrons. The van der Waals surface area contributed by atoms with Gasteiger partial charge in [0.15, 0.2) is 0 Å². The first kappa shape index (κ1) is 14.4. The first-order valence-corrected chi connectivity index (χ1v) is 8.15. The minimum absolute atomic E-state index is 0.0159. The van der Waals surface area contributed by atoms with E-state index in [1.807, 2.05) is 12.1 Å². The summed E-state index contributed by atoms with van der Waals surface area (Å²) in [6.07, 6.45) is 6.60. The molecule has 0 unspecified atom stereocenters. The van der Waals surface area contributed by atoms with Crippen molar-refractivity contribution < 1.29 is 9.90 Å². The average molecular weight is 312 g/mol. The van der Waals surface area contributed by atoms with Crippen LogP contribution in [0.4, 0.5) is 0 Å². The minimum atomic E-state index is -1.10. The molecule has 0 bridgehead atoms. The summed E-state index contributed by atoms with van der Waals surface area (Å²) in [7, 11) is 0. The van der Waals surface area contributed by atoms with E-state index in [9.17, 15) is 9.90 Å². The number of hydrogen-bond donors (Lipinski definition) is 2. The van der Waals surface area contributed by atoms with Crippen LogP contribution in [0.1, 0.15) is 46.4 Å². The molecule has 6 nitrogen and oxygen atoms in total. The summed E-state index contributed by atoms with van der Waals surface area (Å²) >= 11 is 0. The van der Waals surface area contributed by atoms with Crippen LogP contribution in [0.25, 0.3) is 0 Å². The quantitative estimate of drug-likeness (QED) is 0.878. The third-order valence-corrected chi connectivity index (χ3v) is 5.02. The van der Waals surface area contributed by atoms with Crippen molar-refractivity contribution in [3.63, 3.8) is 0 Å². The monoisotopic (exact) mass is 312 g/mol. The molecule has 1 amide bonds. The van der Waals surface area contributed by atoms with Crippen LogP contribution in [-0.2, 0) is 18.4 Å². The highest BCUT2D eigenvalue weighted by atomic mass is 16.3. The van der Waals surface area contributed by atoms with Crippen molar-refractivity contribution in [3.05, 3.63) is 46.8 Å². The number of rotatable bonds is 2. The number of carbonyl (C=O) groups is 1. The smallest absolute Gasteiger partial charge is 0.253 e. The van der Waals surface area contributed by atoms with Crippen molar-refractivity contribution in [2.24, 2.45) is 0 Å². The first-order chi connectivity index (χ1) is 11.2. The molecule has 2 aromatic rings. The Morgan fingerprint density at radius 3 is 2.87 bits per heavy atom. The third kappa shape index (κ3) is 2.53. The molecule has 4 rings (SSSR count). The second-order valence-corrected chi connectivity index (χ2v) is 6.55. The molecule has 1 atom stereocenters. The van der Waals surface area contributed by atoms with Crippen molar-refractivity contribution in [3.8, 4) is 0 Å². The Morgan fingerprint density at radius 2 is 2.09 bits per heavy atom. The number of aliphatic hydroxyl groups is 1. The molecule has 0 radical (unpaired) electrons. The maximum atomic E-state index is 12.8. The molecule has 2 N–H and O–H groups in total. The van der Waals surface area contributed by atoms with Crippen LogP contribution in [-0.4, -0.2) is 44.4 Å². The molecule has 2 heterocycles. The SMILES string of the molecule is O=C(c1ccc2c(c1)CCCC2)N1CC[C@](O)(c2cn[nH]n2)C1. The number of aryl methyl sites for hydroxylation is 2. The maximum Gasteiger partial charge on any atom is 0.253 e. The molecule has 1 saturated heterocycles. The van der Waals surface area contributed by atoms with E-state index in [1.54, 1.807) is 4.90 Å². The number of hydrogen-bond acceptors (Lipinski definition) is 4. The third-order valence-electron chi connectivity index (χ3n) is 5.02. The number of H-pyrrole nitrogens is 1. The van der Waals surface area contributed by atoms with E-state index in [0.29, 0.717) is 18.7 Å². The Kier molecular flexibility index (Phi) is 3.41. The Labute approximate surface area is 134 Å². The highest BCUT2D eigenvalue weighted by Crippen LogP contribution is 2.31. The van der Waals surface area contributed by atoms with Crippen molar-refractivity contribution in [2.75, 3.05) is 13.1 Å². The van der Waals surface area contributed by atoms with Gasteiger partial charge < -0.3 is 10.0 Å². The van der Waals surface area contributed by atoms with Gasteiger partial charge in [-0.05, 0) is 48.9 Å². The van der Waals surface area contributed by atoms with Gasteiger partial charge in [0.05, 0.1) is 12.7 Å². The van der Waals surface area contributed by atoms with Crippen LogP contribution >= 0.6 is 0 Å². The molecule has 1 aromatic carbocycles. The van der Waals surface area contributed by atoms with Gasteiger partial charge in [-0.1, -0.05) is 6.07 Å². The number of likely N-dealkylation sites (tertiary alicyclic amines) is 1. The Bertz CT molecular complexity index is 728. The van der Waals surface area contributed by atoms with E-state index in [4.69, 9.17) is 0 Å². The molecule has 6 heteroatoms. The molecule has 1 aliphatic heterocycles. The van der Waals surface area contributed by atoms with Crippen molar-refractivity contribution >= 4 is 5.91 Å². The van der Waals surface area contributed by atoms with Gasteiger partial charge in [0, 0.05) is 18.5 Å². The topological polar surface area (TPSA) is 82.1 Å². The lowest BCUT2D eigenvalue weighted by molar-refractivity contribution is 0.0382. The van der Waals surface area contributed by atoms with Crippen molar-refractivity contribution in [1.29, 1.82) is 0 Å². The van der Waals surface area contributed by atoms with Crippen LogP contribution in [0.2, 0.25) is 0 Å². The van der Waals surface area contributed by atoms with Gasteiger partial charge in [0.1, 0.15) is 11.3 Å². The van der Waals surface area contributed by atoms with E-state index in [1.165, 1.54) is 30.2 Å². The second kappa shape index (κ2) is 5.45. The van der Waals surface area contributed by atoms with Gasteiger partial charge in [-0.25, -0.2) is 0 Å². The number of aromatic amines is 1. The molecule has 2 aliphatic rings. The molecule has 0 spiro atoms. The van der Waals surface area contributed by atoms with Gasteiger partial charge in [-0.2, -0.15) is 15.4 Å². The largest absolute Gasteiger partial charge is 0.381 e. The van der Waals surface area contributed by atoms with Gasteiger partial charge in [-0.3, -0.25) is 4.79 Å². The standard InChI is InChI=1S/C17H20N4O2/c22-16(14-6-5-12-3-1-2-4-13(12)9-14)21-8-7-17(23,11-21)15-10-18-20-19-15/h5-6,9-10,23H,1-4,7-8,11H2,(H,18,19,20)/t17-/m1/s1. The van der Waals surface area contributed by atoms with Gasteiger partial charge in [-0.15, -0.1) is 0 Å².